The second kappa shape index (κ2) is 6.93. The molecule has 1 saturated heterocycles. The molecule has 0 N–H and O–H groups in total. The first-order chi connectivity index (χ1) is 11.8. The number of hydrogen-bond acceptors (Lipinski definition) is 4. The van der Waals surface area contributed by atoms with Crippen molar-refractivity contribution in [3.8, 4) is 0 Å². The Balaban J connectivity index is 1.45. The molecule has 5 nitrogen and oxygen atoms in total. The van der Waals surface area contributed by atoms with Gasteiger partial charge in [-0.15, -0.1) is 0 Å². The van der Waals surface area contributed by atoms with Crippen LogP contribution in [0.1, 0.15) is 36.0 Å². The van der Waals surface area contributed by atoms with Gasteiger partial charge in [-0.2, -0.15) is 0 Å². The Bertz CT molecular complexity index is 603. The first-order valence-corrected chi connectivity index (χ1v) is 9.23. The van der Waals surface area contributed by atoms with Crippen molar-refractivity contribution in [2.45, 2.75) is 31.7 Å². The molecule has 128 valence electrons. The second-order valence-corrected chi connectivity index (χ2v) is 6.97. The molecule has 4 rings (SSSR count). The van der Waals surface area contributed by atoms with Crippen molar-refractivity contribution in [1.82, 2.24) is 14.7 Å². The minimum absolute atomic E-state index is 0.0791. The maximum Gasteiger partial charge on any atom is 0.260 e. The average Bonchev–Trinajstić information content (AvgIpc) is 2.61. The minimum atomic E-state index is 0.0791. The number of amides is 1. The van der Waals surface area contributed by atoms with Crippen LogP contribution in [0, 0.1) is 0 Å². The quantitative estimate of drug-likeness (QED) is 0.835. The Kier molecular flexibility index (Phi) is 4.52. The van der Waals surface area contributed by atoms with E-state index in [4.69, 9.17) is 4.99 Å². The third-order valence-electron chi connectivity index (χ3n) is 5.49. The van der Waals surface area contributed by atoms with Crippen molar-refractivity contribution in [3.05, 3.63) is 35.9 Å². The van der Waals surface area contributed by atoms with E-state index in [1.54, 1.807) is 0 Å². The van der Waals surface area contributed by atoms with Crippen LogP contribution in [0.5, 0.6) is 0 Å². The molecule has 24 heavy (non-hydrogen) atoms. The molecular weight excluding hydrogens is 300 g/mol. The molecule has 1 aromatic rings. The van der Waals surface area contributed by atoms with Gasteiger partial charge in [-0.3, -0.25) is 19.6 Å². The number of aliphatic imine (C=N–C) groups is 1. The minimum Gasteiger partial charge on any atom is -0.340 e. The lowest BCUT2D eigenvalue weighted by Crippen LogP contribution is -2.58. The average molecular weight is 326 g/mol. The molecule has 0 aromatic heterocycles. The normalized spacial score (nSPS) is 22.9. The number of rotatable bonds is 2. The largest absolute Gasteiger partial charge is 0.340 e. The molecule has 0 unspecified atom stereocenters. The molecule has 2 heterocycles. The maximum absolute atomic E-state index is 12.9. The highest BCUT2D eigenvalue weighted by Crippen LogP contribution is 2.26. The van der Waals surface area contributed by atoms with E-state index in [0.717, 1.165) is 63.3 Å². The summed E-state index contributed by atoms with van der Waals surface area (Å²) in [5, 5.41) is 0. The fourth-order valence-electron chi connectivity index (χ4n) is 3.83. The van der Waals surface area contributed by atoms with Gasteiger partial charge in [0.2, 0.25) is 5.96 Å². The molecule has 0 radical (unpaired) electrons. The van der Waals surface area contributed by atoms with Gasteiger partial charge in [0.15, 0.2) is 0 Å². The first-order valence-electron chi connectivity index (χ1n) is 9.23. The first kappa shape index (κ1) is 15.6. The highest BCUT2D eigenvalue weighted by Gasteiger charge is 2.32. The molecule has 1 saturated carbocycles. The van der Waals surface area contributed by atoms with Gasteiger partial charge in [0.05, 0.1) is 0 Å². The summed E-state index contributed by atoms with van der Waals surface area (Å²) < 4.78 is 0. The highest BCUT2D eigenvalue weighted by molar-refractivity contribution is 6.06. The van der Waals surface area contributed by atoms with Crippen molar-refractivity contribution < 1.29 is 4.79 Å². The van der Waals surface area contributed by atoms with Gasteiger partial charge >= 0.3 is 0 Å². The van der Waals surface area contributed by atoms with Gasteiger partial charge in [0.25, 0.3) is 5.91 Å². The molecular formula is C19H26N4O. The molecule has 0 bridgehead atoms. The number of hydrogen-bond donors (Lipinski definition) is 0. The Morgan fingerprint density at radius 2 is 1.71 bits per heavy atom. The van der Waals surface area contributed by atoms with E-state index in [2.05, 4.69) is 9.80 Å². The number of benzene rings is 1. The van der Waals surface area contributed by atoms with Crippen LogP contribution in [-0.2, 0) is 0 Å². The fraction of sp³-hybridized carbons (Fsp3) is 0.579. The summed E-state index contributed by atoms with van der Waals surface area (Å²) in [6.07, 6.45) is 5.06. The molecule has 1 aliphatic carbocycles. The summed E-state index contributed by atoms with van der Waals surface area (Å²) in [5.74, 6) is 0.971. The van der Waals surface area contributed by atoms with E-state index in [1.165, 1.54) is 19.3 Å². The monoisotopic (exact) mass is 326 g/mol. The van der Waals surface area contributed by atoms with Crippen LogP contribution in [0.2, 0.25) is 0 Å². The van der Waals surface area contributed by atoms with Crippen LogP contribution < -0.4 is 0 Å². The number of carbonyl (C=O) groups is 1. The van der Waals surface area contributed by atoms with Crippen LogP contribution in [0.3, 0.4) is 0 Å². The predicted molar refractivity (Wildman–Crippen MR) is 95.2 cm³/mol. The maximum atomic E-state index is 12.9. The van der Waals surface area contributed by atoms with Gasteiger partial charge < -0.3 is 4.90 Å². The third kappa shape index (κ3) is 3.05. The zero-order valence-electron chi connectivity index (χ0n) is 14.2. The SMILES string of the molecule is O=C(c1ccccc1)N1CCCN=C1N1CCN(C2CCC2)CC1. The van der Waals surface area contributed by atoms with Crippen LogP contribution in [0.25, 0.3) is 0 Å². The highest BCUT2D eigenvalue weighted by atomic mass is 16.2. The van der Waals surface area contributed by atoms with Gasteiger partial charge in [-0.05, 0) is 31.4 Å². The molecule has 3 aliphatic rings. The molecule has 2 fully saturated rings. The molecule has 0 spiro atoms. The Morgan fingerprint density at radius 1 is 0.958 bits per heavy atom. The summed E-state index contributed by atoms with van der Waals surface area (Å²) in [4.78, 5) is 24.4. The van der Waals surface area contributed by atoms with Crippen molar-refractivity contribution in [3.63, 3.8) is 0 Å². The van der Waals surface area contributed by atoms with E-state index in [1.807, 2.05) is 35.2 Å². The van der Waals surface area contributed by atoms with E-state index in [0.29, 0.717) is 0 Å². The summed E-state index contributed by atoms with van der Waals surface area (Å²) in [7, 11) is 0. The summed E-state index contributed by atoms with van der Waals surface area (Å²) in [5.41, 5.74) is 0.750. The van der Waals surface area contributed by atoms with Gasteiger partial charge in [0.1, 0.15) is 0 Å². The lowest BCUT2D eigenvalue weighted by atomic mass is 9.91. The van der Waals surface area contributed by atoms with Crippen molar-refractivity contribution in [2.24, 2.45) is 4.99 Å². The lowest BCUT2D eigenvalue weighted by Gasteiger charge is -2.45. The number of carbonyl (C=O) groups excluding carboxylic acids is 1. The second-order valence-electron chi connectivity index (χ2n) is 6.97. The zero-order valence-corrected chi connectivity index (χ0v) is 14.2. The van der Waals surface area contributed by atoms with Gasteiger partial charge in [-0.1, -0.05) is 24.6 Å². The number of nitrogens with zero attached hydrogens (tertiary/aromatic N) is 4. The Hall–Kier alpha value is -1.88. The molecule has 0 atom stereocenters. The van der Waals surface area contributed by atoms with E-state index >= 15 is 0 Å². The summed E-state index contributed by atoms with van der Waals surface area (Å²) in [6.45, 7) is 5.75. The van der Waals surface area contributed by atoms with Gasteiger partial charge in [0, 0.05) is 50.9 Å². The van der Waals surface area contributed by atoms with Crippen LogP contribution in [-0.4, -0.2) is 71.9 Å². The van der Waals surface area contributed by atoms with Gasteiger partial charge in [-0.25, -0.2) is 0 Å². The standard InChI is InChI=1S/C19H26N4O/c24-18(16-6-2-1-3-7-16)23-11-5-10-20-19(23)22-14-12-21(13-15-22)17-8-4-9-17/h1-3,6-7,17H,4-5,8-15H2. The van der Waals surface area contributed by atoms with Crippen molar-refractivity contribution in [1.29, 1.82) is 0 Å². The van der Waals surface area contributed by atoms with E-state index in [9.17, 15) is 4.79 Å². The summed E-state index contributed by atoms with van der Waals surface area (Å²) in [6, 6.07) is 10.4. The molecule has 2 aliphatic heterocycles. The Morgan fingerprint density at radius 3 is 2.38 bits per heavy atom. The lowest BCUT2D eigenvalue weighted by molar-refractivity contribution is 0.0716. The van der Waals surface area contributed by atoms with E-state index in [-0.39, 0.29) is 5.91 Å². The third-order valence-corrected chi connectivity index (χ3v) is 5.49. The van der Waals surface area contributed by atoms with Crippen LogP contribution >= 0.6 is 0 Å². The summed E-state index contributed by atoms with van der Waals surface area (Å²) >= 11 is 0. The molecule has 1 amide bonds. The molecule has 5 heteroatoms. The van der Waals surface area contributed by atoms with Crippen LogP contribution in [0.4, 0.5) is 0 Å². The topological polar surface area (TPSA) is 39.2 Å². The van der Waals surface area contributed by atoms with Crippen molar-refractivity contribution in [2.75, 3.05) is 39.3 Å². The van der Waals surface area contributed by atoms with Crippen molar-refractivity contribution >= 4 is 11.9 Å². The smallest absolute Gasteiger partial charge is 0.260 e. The van der Waals surface area contributed by atoms with E-state index < -0.39 is 0 Å². The van der Waals surface area contributed by atoms with Crippen LogP contribution in [0.15, 0.2) is 35.3 Å². The number of guanidine groups is 1. The number of piperazine rings is 1. The Labute approximate surface area is 143 Å². The predicted octanol–water partition coefficient (Wildman–Crippen LogP) is 2.06. The zero-order chi connectivity index (χ0) is 16.4. The fourth-order valence-corrected chi connectivity index (χ4v) is 3.83. The molecule has 1 aromatic carbocycles.